The van der Waals surface area contributed by atoms with Gasteiger partial charge in [0.1, 0.15) is 0 Å². The molecule has 0 aliphatic carbocycles. The summed E-state index contributed by atoms with van der Waals surface area (Å²) >= 11 is 0. The van der Waals surface area contributed by atoms with Crippen molar-refractivity contribution in [2.75, 3.05) is 22.9 Å². The van der Waals surface area contributed by atoms with Crippen molar-refractivity contribution in [2.45, 2.75) is 53.1 Å². The number of ketones is 1. The molecule has 0 unspecified atom stereocenters. The molecular formula is C22H34N4O3. The number of fused-ring (bicyclic) bond motifs is 1. The Labute approximate surface area is 173 Å². The van der Waals surface area contributed by atoms with Gasteiger partial charge < -0.3 is 21.3 Å². The zero-order valence-electron chi connectivity index (χ0n) is 18.3. The minimum Gasteiger partial charge on any atom is -0.321 e. The quantitative estimate of drug-likeness (QED) is 0.677. The summed E-state index contributed by atoms with van der Waals surface area (Å²) in [7, 11) is 0. The third kappa shape index (κ3) is 4.21. The summed E-state index contributed by atoms with van der Waals surface area (Å²) in [5, 5.41) is 0. The van der Waals surface area contributed by atoms with E-state index in [-0.39, 0.29) is 17.8 Å². The van der Waals surface area contributed by atoms with E-state index in [1.165, 1.54) is 9.80 Å². The van der Waals surface area contributed by atoms with Crippen LogP contribution in [0.15, 0.2) is 24.3 Å². The predicted octanol–water partition coefficient (Wildman–Crippen LogP) is 1.93. The van der Waals surface area contributed by atoms with E-state index in [9.17, 15) is 14.4 Å². The molecule has 0 fully saturated rings. The number of hydrogen-bond donors (Lipinski definition) is 2. The van der Waals surface area contributed by atoms with Gasteiger partial charge in [0.2, 0.25) is 5.54 Å². The summed E-state index contributed by atoms with van der Waals surface area (Å²) in [5.41, 5.74) is 11.3. The van der Waals surface area contributed by atoms with Crippen molar-refractivity contribution in [3.8, 4) is 0 Å². The molecule has 0 spiro atoms. The van der Waals surface area contributed by atoms with E-state index in [1.54, 1.807) is 26.0 Å². The monoisotopic (exact) mass is 402 g/mol. The molecule has 1 heterocycles. The number of hydrogen-bond acceptors (Lipinski definition) is 5. The van der Waals surface area contributed by atoms with Crippen molar-refractivity contribution in [2.24, 2.45) is 29.2 Å². The second kappa shape index (κ2) is 8.63. The molecule has 7 nitrogen and oxygen atoms in total. The molecule has 1 aromatic carbocycles. The SMILES string of the molecule is CC(C)CN1C(=O)C(N)(C(=O)[C@@H](N)C(C)C)C(=O)N(CC(C)C)c2ccccc21. The number of amides is 2. The van der Waals surface area contributed by atoms with E-state index in [1.807, 2.05) is 39.8 Å². The van der Waals surface area contributed by atoms with Gasteiger partial charge in [-0.05, 0) is 29.9 Å². The topological polar surface area (TPSA) is 110 Å². The third-order valence-electron chi connectivity index (χ3n) is 5.13. The van der Waals surface area contributed by atoms with Gasteiger partial charge in [-0.1, -0.05) is 53.7 Å². The lowest BCUT2D eigenvalue weighted by atomic mass is 9.83. The highest BCUT2D eigenvalue weighted by Crippen LogP contribution is 2.37. The van der Waals surface area contributed by atoms with Crippen LogP contribution in [0.2, 0.25) is 0 Å². The van der Waals surface area contributed by atoms with Crippen LogP contribution in [0.5, 0.6) is 0 Å². The molecule has 1 atom stereocenters. The molecule has 0 radical (unpaired) electrons. The highest BCUT2D eigenvalue weighted by atomic mass is 16.2. The molecule has 0 aromatic heterocycles. The Bertz CT molecular complexity index is 739. The molecule has 1 aromatic rings. The first-order valence-corrected chi connectivity index (χ1v) is 10.2. The third-order valence-corrected chi connectivity index (χ3v) is 5.13. The van der Waals surface area contributed by atoms with Crippen LogP contribution in [0.4, 0.5) is 11.4 Å². The number of anilines is 2. The molecule has 0 bridgehead atoms. The van der Waals surface area contributed by atoms with Gasteiger partial charge in [0.05, 0.1) is 17.4 Å². The average Bonchev–Trinajstić information content (AvgIpc) is 2.71. The van der Waals surface area contributed by atoms with Gasteiger partial charge in [-0.25, -0.2) is 0 Å². The van der Waals surface area contributed by atoms with Crippen LogP contribution in [0.25, 0.3) is 0 Å². The molecule has 2 amide bonds. The van der Waals surface area contributed by atoms with Crippen LogP contribution < -0.4 is 21.3 Å². The van der Waals surface area contributed by atoms with Crippen molar-refractivity contribution in [1.82, 2.24) is 0 Å². The van der Waals surface area contributed by atoms with Crippen LogP contribution in [0.1, 0.15) is 41.5 Å². The van der Waals surface area contributed by atoms with Crippen LogP contribution in [0.3, 0.4) is 0 Å². The van der Waals surface area contributed by atoms with Crippen LogP contribution in [-0.4, -0.2) is 42.3 Å². The molecule has 0 saturated heterocycles. The lowest BCUT2D eigenvalue weighted by Crippen LogP contribution is -2.71. The molecule has 1 aliphatic rings. The second-order valence-electron chi connectivity index (χ2n) is 9.05. The second-order valence-corrected chi connectivity index (χ2v) is 9.05. The summed E-state index contributed by atoms with van der Waals surface area (Å²) in [6.45, 7) is 12.1. The fourth-order valence-electron chi connectivity index (χ4n) is 3.53. The summed E-state index contributed by atoms with van der Waals surface area (Å²) in [6, 6.07) is 6.17. The van der Waals surface area contributed by atoms with E-state index >= 15 is 0 Å². The summed E-state index contributed by atoms with van der Waals surface area (Å²) in [6.07, 6.45) is 0. The van der Waals surface area contributed by atoms with Crippen molar-refractivity contribution in [3.05, 3.63) is 24.3 Å². The van der Waals surface area contributed by atoms with Gasteiger partial charge in [0.25, 0.3) is 11.8 Å². The number of carbonyl (C=O) groups is 3. The fraction of sp³-hybridized carbons (Fsp3) is 0.591. The Kier molecular flexibility index (Phi) is 6.86. The number of nitrogens with two attached hydrogens (primary N) is 2. The van der Waals surface area contributed by atoms with Gasteiger partial charge in [-0.15, -0.1) is 0 Å². The van der Waals surface area contributed by atoms with Gasteiger partial charge in [0, 0.05) is 13.1 Å². The predicted molar refractivity (Wildman–Crippen MR) is 116 cm³/mol. The molecule has 4 N–H and O–H groups in total. The highest BCUT2D eigenvalue weighted by molar-refractivity contribution is 6.37. The standard InChI is InChI=1S/C22H34N4O3/c1-13(2)11-25-16-9-7-8-10-17(16)26(12-14(3)4)21(29)22(24,20(25)28)19(27)18(23)15(5)6/h7-10,13-15,18H,11-12,23-24H2,1-6H3/t18-/m0/s1. The van der Waals surface area contributed by atoms with Gasteiger partial charge in [-0.3, -0.25) is 14.4 Å². The first-order valence-electron chi connectivity index (χ1n) is 10.2. The Morgan fingerprint density at radius 3 is 1.59 bits per heavy atom. The minimum absolute atomic E-state index is 0.108. The zero-order chi connectivity index (χ0) is 22.1. The lowest BCUT2D eigenvalue weighted by molar-refractivity contribution is -0.142. The van der Waals surface area contributed by atoms with E-state index in [2.05, 4.69) is 0 Å². The molecule has 160 valence electrons. The lowest BCUT2D eigenvalue weighted by Gasteiger charge is -2.33. The number of Topliss-reactive ketones (excluding diaryl/α,β-unsaturated/α-hetero) is 1. The van der Waals surface area contributed by atoms with Crippen molar-refractivity contribution < 1.29 is 14.4 Å². The maximum Gasteiger partial charge on any atom is 0.264 e. The maximum absolute atomic E-state index is 13.7. The van der Waals surface area contributed by atoms with Crippen LogP contribution in [-0.2, 0) is 14.4 Å². The number of benzene rings is 1. The summed E-state index contributed by atoms with van der Waals surface area (Å²) < 4.78 is 0. The van der Waals surface area contributed by atoms with E-state index in [4.69, 9.17) is 11.5 Å². The molecule has 7 heteroatoms. The van der Waals surface area contributed by atoms with E-state index in [0.717, 1.165) is 0 Å². The van der Waals surface area contributed by atoms with Crippen LogP contribution >= 0.6 is 0 Å². The normalized spacial score (nSPS) is 17.8. The van der Waals surface area contributed by atoms with Crippen molar-refractivity contribution >= 4 is 29.0 Å². The minimum atomic E-state index is -2.35. The smallest absolute Gasteiger partial charge is 0.264 e. The Morgan fingerprint density at radius 2 is 1.28 bits per heavy atom. The van der Waals surface area contributed by atoms with Crippen molar-refractivity contribution in [3.63, 3.8) is 0 Å². The number of nitrogens with zero attached hydrogens (tertiary/aromatic N) is 2. The molecule has 29 heavy (non-hydrogen) atoms. The Hall–Kier alpha value is -2.25. The molecule has 0 saturated carbocycles. The van der Waals surface area contributed by atoms with Crippen molar-refractivity contribution in [1.29, 1.82) is 0 Å². The van der Waals surface area contributed by atoms with E-state index < -0.39 is 29.2 Å². The maximum atomic E-state index is 13.7. The number of rotatable bonds is 7. The van der Waals surface area contributed by atoms with Crippen LogP contribution in [0, 0.1) is 17.8 Å². The summed E-state index contributed by atoms with van der Waals surface area (Å²) in [5.74, 6) is -2.20. The largest absolute Gasteiger partial charge is 0.321 e. The Morgan fingerprint density at radius 1 is 0.897 bits per heavy atom. The van der Waals surface area contributed by atoms with Gasteiger partial charge >= 0.3 is 0 Å². The highest BCUT2D eigenvalue weighted by Gasteiger charge is 2.57. The summed E-state index contributed by atoms with van der Waals surface area (Å²) in [4.78, 5) is 43.6. The molecule has 1 aliphatic heterocycles. The molecular weight excluding hydrogens is 368 g/mol. The number of carbonyl (C=O) groups excluding carboxylic acids is 3. The van der Waals surface area contributed by atoms with Gasteiger partial charge in [-0.2, -0.15) is 0 Å². The Balaban J connectivity index is 2.75. The fourth-order valence-corrected chi connectivity index (χ4v) is 3.53. The average molecular weight is 403 g/mol. The number of para-hydroxylation sites is 2. The first-order chi connectivity index (χ1) is 13.4. The van der Waals surface area contributed by atoms with E-state index in [0.29, 0.717) is 24.5 Å². The molecule has 2 rings (SSSR count). The zero-order valence-corrected chi connectivity index (χ0v) is 18.3. The first kappa shape index (κ1) is 23.0. The van der Waals surface area contributed by atoms with Gasteiger partial charge in [0.15, 0.2) is 5.78 Å².